The predicted octanol–water partition coefficient (Wildman–Crippen LogP) is 1.48. The highest BCUT2D eigenvalue weighted by atomic mass is 15.2. The lowest BCUT2D eigenvalue weighted by Gasteiger charge is -2.20. The molecule has 0 atom stereocenters. The number of hydrogen-bond donors (Lipinski definition) is 0. The minimum absolute atomic E-state index is 0.670. The number of dihydropyridines is 1. The molecule has 2 heterocycles. The Kier molecular flexibility index (Phi) is 2.01. The molecular formula is C10H16N2. The third-order valence-corrected chi connectivity index (χ3v) is 2.74. The molecule has 2 aliphatic rings. The number of nitrogens with zero attached hydrogens (tertiary/aromatic N) is 2. The standard InChI is InChI=1S/C10H16N2/c1-8(2)12-6-9-3-4-11-5-10(9)7-12/h5,8H,3-4,6-7H2,1-2H3. The van der Waals surface area contributed by atoms with Gasteiger partial charge in [-0.05, 0) is 31.4 Å². The molecule has 0 aromatic carbocycles. The van der Waals surface area contributed by atoms with Crippen LogP contribution in [0.3, 0.4) is 0 Å². The third kappa shape index (κ3) is 1.31. The van der Waals surface area contributed by atoms with Gasteiger partial charge in [-0.25, -0.2) is 0 Å². The van der Waals surface area contributed by atoms with Gasteiger partial charge in [-0.1, -0.05) is 0 Å². The molecule has 0 unspecified atom stereocenters. The van der Waals surface area contributed by atoms with Crippen LogP contribution in [0.4, 0.5) is 0 Å². The topological polar surface area (TPSA) is 15.6 Å². The summed E-state index contributed by atoms with van der Waals surface area (Å²) in [5.74, 6) is 0. The van der Waals surface area contributed by atoms with Crippen molar-refractivity contribution in [3.05, 3.63) is 11.1 Å². The van der Waals surface area contributed by atoms with Crippen molar-refractivity contribution in [2.75, 3.05) is 19.6 Å². The first kappa shape index (κ1) is 7.99. The third-order valence-electron chi connectivity index (χ3n) is 2.74. The summed E-state index contributed by atoms with van der Waals surface area (Å²) in [4.78, 5) is 6.81. The highest BCUT2D eigenvalue weighted by Gasteiger charge is 2.23. The van der Waals surface area contributed by atoms with Gasteiger partial charge in [0.2, 0.25) is 0 Å². The Hall–Kier alpha value is -0.630. The van der Waals surface area contributed by atoms with Gasteiger partial charge in [-0.3, -0.25) is 9.89 Å². The van der Waals surface area contributed by atoms with Crippen molar-refractivity contribution < 1.29 is 0 Å². The van der Waals surface area contributed by atoms with Crippen molar-refractivity contribution in [2.45, 2.75) is 26.3 Å². The van der Waals surface area contributed by atoms with Gasteiger partial charge < -0.3 is 0 Å². The molecule has 2 rings (SSSR count). The lowest BCUT2D eigenvalue weighted by Crippen LogP contribution is -2.29. The SMILES string of the molecule is CC(C)N1CC2=C(CCN=C2)C1. The molecule has 0 aliphatic carbocycles. The van der Waals surface area contributed by atoms with Crippen LogP contribution in [0.1, 0.15) is 20.3 Å². The molecule has 0 spiro atoms. The van der Waals surface area contributed by atoms with E-state index < -0.39 is 0 Å². The van der Waals surface area contributed by atoms with Crippen molar-refractivity contribution in [1.82, 2.24) is 4.90 Å². The molecule has 0 aromatic heterocycles. The maximum Gasteiger partial charge on any atom is 0.0427 e. The molecular weight excluding hydrogens is 148 g/mol. The van der Waals surface area contributed by atoms with Gasteiger partial charge in [0.05, 0.1) is 0 Å². The summed E-state index contributed by atoms with van der Waals surface area (Å²) in [6.07, 6.45) is 3.26. The second kappa shape index (κ2) is 3.02. The van der Waals surface area contributed by atoms with Gasteiger partial charge in [0.1, 0.15) is 0 Å². The molecule has 0 saturated heterocycles. The van der Waals surface area contributed by atoms with E-state index in [2.05, 4.69) is 30.0 Å². The molecule has 0 bridgehead atoms. The molecule has 0 saturated carbocycles. The van der Waals surface area contributed by atoms with Crippen LogP contribution >= 0.6 is 0 Å². The van der Waals surface area contributed by atoms with Gasteiger partial charge >= 0.3 is 0 Å². The number of aliphatic imine (C=N–C) groups is 1. The molecule has 66 valence electrons. The van der Waals surface area contributed by atoms with Gasteiger partial charge in [-0.2, -0.15) is 0 Å². The highest BCUT2D eigenvalue weighted by molar-refractivity contribution is 5.82. The molecule has 2 aliphatic heterocycles. The second-order valence-corrected chi connectivity index (χ2v) is 3.91. The minimum Gasteiger partial charge on any atom is -0.293 e. The summed E-state index contributed by atoms with van der Waals surface area (Å²) >= 11 is 0. The summed E-state index contributed by atoms with van der Waals surface area (Å²) in [6.45, 7) is 7.82. The summed E-state index contributed by atoms with van der Waals surface area (Å²) in [5, 5.41) is 0. The number of hydrogen-bond acceptors (Lipinski definition) is 2. The summed E-state index contributed by atoms with van der Waals surface area (Å²) < 4.78 is 0. The fourth-order valence-electron chi connectivity index (χ4n) is 1.84. The zero-order valence-corrected chi connectivity index (χ0v) is 7.88. The zero-order valence-electron chi connectivity index (χ0n) is 7.88. The van der Waals surface area contributed by atoms with E-state index in [9.17, 15) is 0 Å². The van der Waals surface area contributed by atoms with E-state index in [1.54, 1.807) is 5.57 Å². The van der Waals surface area contributed by atoms with Crippen LogP contribution in [0.15, 0.2) is 16.1 Å². The van der Waals surface area contributed by atoms with Crippen LogP contribution in [0.5, 0.6) is 0 Å². The Morgan fingerprint density at radius 3 is 2.92 bits per heavy atom. The maximum absolute atomic E-state index is 4.30. The maximum atomic E-state index is 4.30. The monoisotopic (exact) mass is 164 g/mol. The molecule has 12 heavy (non-hydrogen) atoms. The van der Waals surface area contributed by atoms with Crippen LogP contribution in [-0.4, -0.2) is 36.8 Å². The molecule has 0 radical (unpaired) electrons. The van der Waals surface area contributed by atoms with Crippen molar-refractivity contribution in [3.63, 3.8) is 0 Å². The first-order valence-electron chi connectivity index (χ1n) is 4.72. The quantitative estimate of drug-likeness (QED) is 0.573. The fraction of sp³-hybridized carbons (Fsp3) is 0.700. The largest absolute Gasteiger partial charge is 0.293 e. The van der Waals surface area contributed by atoms with Crippen LogP contribution in [0.2, 0.25) is 0 Å². The summed E-state index contributed by atoms with van der Waals surface area (Å²) in [7, 11) is 0. The molecule has 0 amide bonds. The van der Waals surface area contributed by atoms with E-state index in [0.717, 1.165) is 13.1 Å². The van der Waals surface area contributed by atoms with E-state index in [0.29, 0.717) is 6.04 Å². The van der Waals surface area contributed by atoms with Crippen LogP contribution < -0.4 is 0 Å². The molecule has 0 fully saturated rings. The minimum atomic E-state index is 0.670. The lowest BCUT2D eigenvalue weighted by atomic mass is 10.1. The van der Waals surface area contributed by atoms with Crippen LogP contribution in [0.25, 0.3) is 0 Å². The Morgan fingerprint density at radius 1 is 1.42 bits per heavy atom. The predicted molar refractivity (Wildman–Crippen MR) is 51.7 cm³/mol. The summed E-state index contributed by atoms with van der Waals surface area (Å²) in [6, 6.07) is 0.670. The average molecular weight is 164 g/mol. The molecule has 0 N–H and O–H groups in total. The fourth-order valence-corrected chi connectivity index (χ4v) is 1.84. The van der Waals surface area contributed by atoms with Crippen molar-refractivity contribution in [2.24, 2.45) is 4.99 Å². The van der Waals surface area contributed by atoms with Gasteiger partial charge in [-0.15, -0.1) is 0 Å². The van der Waals surface area contributed by atoms with Crippen molar-refractivity contribution in [3.8, 4) is 0 Å². The van der Waals surface area contributed by atoms with E-state index in [1.165, 1.54) is 18.5 Å². The van der Waals surface area contributed by atoms with E-state index in [4.69, 9.17) is 0 Å². The molecule has 0 aromatic rings. The van der Waals surface area contributed by atoms with Gasteiger partial charge in [0.25, 0.3) is 0 Å². The van der Waals surface area contributed by atoms with Crippen molar-refractivity contribution in [1.29, 1.82) is 0 Å². The van der Waals surface area contributed by atoms with Gasteiger partial charge in [0, 0.05) is 31.9 Å². The first-order chi connectivity index (χ1) is 5.77. The van der Waals surface area contributed by atoms with Crippen LogP contribution in [0, 0.1) is 0 Å². The molecule has 2 heteroatoms. The number of rotatable bonds is 1. The second-order valence-electron chi connectivity index (χ2n) is 3.91. The Morgan fingerprint density at radius 2 is 2.25 bits per heavy atom. The molecule has 2 nitrogen and oxygen atoms in total. The summed E-state index contributed by atoms with van der Waals surface area (Å²) in [5.41, 5.74) is 3.11. The Bertz CT molecular complexity index is 238. The van der Waals surface area contributed by atoms with Crippen LogP contribution in [-0.2, 0) is 0 Å². The zero-order chi connectivity index (χ0) is 8.55. The normalized spacial score (nSPS) is 23.9. The first-order valence-corrected chi connectivity index (χ1v) is 4.72. The lowest BCUT2D eigenvalue weighted by molar-refractivity contribution is 0.282. The van der Waals surface area contributed by atoms with Gasteiger partial charge in [0.15, 0.2) is 0 Å². The van der Waals surface area contributed by atoms with E-state index >= 15 is 0 Å². The average Bonchev–Trinajstić information content (AvgIpc) is 2.46. The van der Waals surface area contributed by atoms with E-state index in [1.807, 2.05) is 0 Å². The Labute approximate surface area is 74.0 Å². The Balaban J connectivity index is 2.08. The van der Waals surface area contributed by atoms with Crippen molar-refractivity contribution >= 4 is 6.21 Å². The van der Waals surface area contributed by atoms with E-state index in [-0.39, 0.29) is 0 Å². The smallest absolute Gasteiger partial charge is 0.0427 e. The highest BCUT2D eigenvalue weighted by Crippen LogP contribution is 2.23.